The SMILES string of the molecule is Cc1ccc(O[C@H](C)C(=O)Nc2ccc(Cl)cc2Cl)c([N+](=O)[O-])n1. The van der Waals surface area contributed by atoms with Crippen molar-refractivity contribution in [3.8, 4) is 5.75 Å². The molecule has 2 rings (SSSR count). The first-order valence-electron chi connectivity index (χ1n) is 6.82. The summed E-state index contributed by atoms with van der Waals surface area (Å²) in [5.41, 5.74) is 0.831. The summed E-state index contributed by atoms with van der Waals surface area (Å²) < 4.78 is 5.37. The first kappa shape index (κ1) is 18.0. The maximum atomic E-state index is 12.2. The van der Waals surface area contributed by atoms with Gasteiger partial charge in [0.25, 0.3) is 5.91 Å². The van der Waals surface area contributed by atoms with Crippen LogP contribution in [0.1, 0.15) is 12.6 Å². The summed E-state index contributed by atoms with van der Waals surface area (Å²) in [4.78, 5) is 26.3. The average molecular weight is 370 g/mol. The van der Waals surface area contributed by atoms with Crippen molar-refractivity contribution in [2.75, 3.05) is 5.32 Å². The molecule has 1 heterocycles. The Balaban J connectivity index is 2.13. The fourth-order valence-corrected chi connectivity index (χ4v) is 2.28. The van der Waals surface area contributed by atoms with Crippen molar-refractivity contribution in [3.63, 3.8) is 0 Å². The summed E-state index contributed by atoms with van der Waals surface area (Å²) in [6.07, 6.45) is -1.00. The van der Waals surface area contributed by atoms with Gasteiger partial charge in [0.05, 0.1) is 10.7 Å². The summed E-state index contributed by atoms with van der Waals surface area (Å²) in [6, 6.07) is 7.57. The van der Waals surface area contributed by atoms with Crippen LogP contribution in [0.25, 0.3) is 0 Å². The lowest BCUT2D eigenvalue weighted by molar-refractivity contribution is -0.390. The number of halogens is 2. The summed E-state index contributed by atoms with van der Waals surface area (Å²) in [5.74, 6) is -1.05. The van der Waals surface area contributed by atoms with Crippen LogP contribution >= 0.6 is 23.2 Å². The van der Waals surface area contributed by atoms with Gasteiger partial charge in [-0.1, -0.05) is 23.2 Å². The van der Waals surface area contributed by atoms with Crippen LogP contribution in [0.4, 0.5) is 11.5 Å². The van der Waals surface area contributed by atoms with Crippen LogP contribution in [0.2, 0.25) is 10.0 Å². The fourth-order valence-electron chi connectivity index (χ4n) is 1.82. The Bertz CT molecular complexity index is 798. The van der Waals surface area contributed by atoms with Crippen LogP contribution < -0.4 is 10.1 Å². The van der Waals surface area contributed by atoms with Crippen LogP contribution in [-0.4, -0.2) is 21.9 Å². The zero-order valence-corrected chi connectivity index (χ0v) is 14.3. The molecule has 1 atom stereocenters. The number of aryl methyl sites for hydroxylation is 1. The van der Waals surface area contributed by atoms with Crippen molar-refractivity contribution in [3.05, 3.63) is 56.2 Å². The first-order chi connectivity index (χ1) is 11.3. The molecule has 0 spiro atoms. The standard InChI is InChI=1S/C15H13Cl2N3O4/c1-8-3-6-13(14(18-8)20(22)23)24-9(2)15(21)19-12-5-4-10(16)7-11(12)17/h3-7,9H,1-2H3,(H,19,21)/t9-/m1/s1. The molecule has 1 aromatic carbocycles. The zero-order valence-electron chi connectivity index (χ0n) is 12.7. The Kier molecular flexibility index (Phi) is 5.58. The molecular formula is C15H13Cl2N3O4. The number of carbonyl (C=O) groups is 1. The fraction of sp³-hybridized carbons (Fsp3) is 0.200. The van der Waals surface area contributed by atoms with Crippen molar-refractivity contribution < 1.29 is 14.5 Å². The largest absolute Gasteiger partial charge is 0.473 e. The number of aromatic nitrogens is 1. The second-order valence-electron chi connectivity index (χ2n) is 4.90. The molecule has 0 aliphatic heterocycles. The van der Waals surface area contributed by atoms with Gasteiger partial charge < -0.3 is 20.2 Å². The van der Waals surface area contributed by atoms with Gasteiger partial charge in [-0.25, -0.2) is 0 Å². The molecule has 1 amide bonds. The normalized spacial score (nSPS) is 11.7. The van der Waals surface area contributed by atoms with Crippen molar-refractivity contribution in [1.29, 1.82) is 0 Å². The van der Waals surface area contributed by atoms with E-state index in [1.165, 1.54) is 19.1 Å². The number of ether oxygens (including phenoxy) is 1. The molecule has 126 valence electrons. The molecule has 9 heteroatoms. The highest BCUT2D eigenvalue weighted by atomic mass is 35.5. The van der Waals surface area contributed by atoms with Gasteiger partial charge >= 0.3 is 5.82 Å². The Morgan fingerprint density at radius 1 is 1.33 bits per heavy atom. The molecule has 7 nitrogen and oxygen atoms in total. The Labute approximate surface area is 147 Å². The number of benzene rings is 1. The molecule has 0 fully saturated rings. The first-order valence-corrected chi connectivity index (χ1v) is 7.58. The molecule has 0 aliphatic rings. The van der Waals surface area contributed by atoms with Crippen molar-refractivity contribution in [2.45, 2.75) is 20.0 Å². The minimum absolute atomic E-state index is 0.0875. The number of rotatable bonds is 5. The number of amides is 1. The van der Waals surface area contributed by atoms with Gasteiger partial charge in [0, 0.05) is 11.9 Å². The Morgan fingerprint density at radius 3 is 2.67 bits per heavy atom. The van der Waals surface area contributed by atoms with Crippen LogP contribution in [0, 0.1) is 17.0 Å². The van der Waals surface area contributed by atoms with Gasteiger partial charge in [-0.15, -0.1) is 0 Å². The van der Waals surface area contributed by atoms with E-state index in [4.69, 9.17) is 27.9 Å². The average Bonchev–Trinajstić information content (AvgIpc) is 2.51. The van der Waals surface area contributed by atoms with E-state index in [0.717, 1.165) is 0 Å². The predicted molar refractivity (Wildman–Crippen MR) is 90.8 cm³/mol. The highest BCUT2D eigenvalue weighted by Gasteiger charge is 2.23. The monoisotopic (exact) mass is 369 g/mol. The van der Waals surface area contributed by atoms with Crippen LogP contribution in [0.15, 0.2) is 30.3 Å². The van der Waals surface area contributed by atoms with Gasteiger partial charge in [0.2, 0.25) is 5.75 Å². The molecule has 0 radical (unpaired) electrons. The van der Waals surface area contributed by atoms with E-state index in [0.29, 0.717) is 16.4 Å². The summed E-state index contributed by atoms with van der Waals surface area (Å²) in [7, 11) is 0. The predicted octanol–water partition coefficient (Wildman–Crippen LogP) is 4.01. The van der Waals surface area contributed by atoms with Crippen LogP contribution in [0.3, 0.4) is 0 Å². The number of nitrogens with zero attached hydrogens (tertiary/aromatic N) is 2. The minimum Gasteiger partial charge on any atom is -0.473 e. The lowest BCUT2D eigenvalue weighted by Crippen LogP contribution is -2.30. The quantitative estimate of drug-likeness (QED) is 0.634. The maximum Gasteiger partial charge on any atom is 0.406 e. The van der Waals surface area contributed by atoms with Crippen molar-refractivity contribution >= 4 is 40.6 Å². The van der Waals surface area contributed by atoms with Crippen molar-refractivity contribution in [1.82, 2.24) is 4.98 Å². The van der Waals surface area contributed by atoms with E-state index >= 15 is 0 Å². The van der Waals surface area contributed by atoms with Crippen molar-refractivity contribution in [2.24, 2.45) is 0 Å². The van der Waals surface area contributed by atoms with E-state index in [-0.39, 0.29) is 10.8 Å². The molecule has 0 bridgehead atoms. The molecule has 24 heavy (non-hydrogen) atoms. The third-order valence-electron chi connectivity index (χ3n) is 3.01. The number of pyridine rings is 1. The minimum atomic E-state index is -1.00. The van der Waals surface area contributed by atoms with Gasteiger partial charge in [-0.2, -0.15) is 0 Å². The number of carbonyl (C=O) groups excluding carboxylic acids is 1. The highest BCUT2D eigenvalue weighted by Crippen LogP contribution is 2.27. The van der Waals surface area contributed by atoms with E-state index in [2.05, 4.69) is 10.3 Å². The molecule has 1 N–H and O–H groups in total. The second-order valence-corrected chi connectivity index (χ2v) is 5.75. The van der Waals surface area contributed by atoms with E-state index in [1.54, 1.807) is 25.1 Å². The smallest absolute Gasteiger partial charge is 0.406 e. The van der Waals surface area contributed by atoms with Gasteiger partial charge in [-0.05, 0) is 47.2 Å². The number of nitrogens with one attached hydrogen (secondary N) is 1. The third-order valence-corrected chi connectivity index (χ3v) is 3.56. The van der Waals surface area contributed by atoms with E-state index in [1.807, 2.05) is 0 Å². The highest BCUT2D eigenvalue weighted by molar-refractivity contribution is 6.36. The van der Waals surface area contributed by atoms with E-state index in [9.17, 15) is 14.9 Å². The van der Waals surface area contributed by atoms with Crippen LogP contribution in [0.5, 0.6) is 5.75 Å². The summed E-state index contributed by atoms with van der Waals surface area (Å²) in [5, 5.41) is 14.3. The molecule has 0 saturated carbocycles. The Morgan fingerprint density at radius 2 is 2.04 bits per heavy atom. The van der Waals surface area contributed by atoms with Gasteiger partial charge in [0.15, 0.2) is 6.10 Å². The molecule has 2 aromatic rings. The number of anilines is 1. The third kappa shape index (κ3) is 4.33. The number of nitro groups is 1. The molecule has 0 aliphatic carbocycles. The zero-order chi connectivity index (χ0) is 17.9. The molecular weight excluding hydrogens is 357 g/mol. The Hall–Kier alpha value is -2.38. The lowest BCUT2D eigenvalue weighted by atomic mass is 10.3. The second kappa shape index (κ2) is 7.46. The summed E-state index contributed by atoms with van der Waals surface area (Å²) >= 11 is 11.8. The lowest BCUT2D eigenvalue weighted by Gasteiger charge is -2.15. The molecule has 1 aromatic heterocycles. The molecule has 0 saturated heterocycles. The summed E-state index contributed by atoms with van der Waals surface area (Å²) in [6.45, 7) is 3.08. The molecule has 0 unspecified atom stereocenters. The van der Waals surface area contributed by atoms with Crippen LogP contribution in [-0.2, 0) is 4.79 Å². The van der Waals surface area contributed by atoms with Gasteiger partial charge in [0.1, 0.15) is 5.69 Å². The van der Waals surface area contributed by atoms with Gasteiger partial charge in [-0.3, -0.25) is 4.79 Å². The maximum absolute atomic E-state index is 12.2. The number of hydrogen-bond acceptors (Lipinski definition) is 5. The topological polar surface area (TPSA) is 94.4 Å². The number of hydrogen-bond donors (Lipinski definition) is 1. The van der Waals surface area contributed by atoms with E-state index < -0.39 is 22.8 Å².